The first-order chi connectivity index (χ1) is 12.0. The van der Waals surface area contributed by atoms with E-state index in [9.17, 15) is 14.0 Å². The van der Waals surface area contributed by atoms with E-state index in [4.69, 9.17) is 9.26 Å². The molecule has 9 heteroatoms. The number of methoxy groups -OCH3 is 1. The first-order valence-corrected chi connectivity index (χ1v) is 8.05. The van der Waals surface area contributed by atoms with Crippen LogP contribution in [0.3, 0.4) is 0 Å². The zero-order chi connectivity index (χ0) is 18.0. The highest BCUT2D eigenvalue weighted by Gasteiger charge is 2.32. The normalized spacial score (nSPS) is 17.1. The van der Waals surface area contributed by atoms with Gasteiger partial charge in [0, 0.05) is 25.5 Å². The summed E-state index contributed by atoms with van der Waals surface area (Å²) in [6.45, 7) is 2.01. The number of hydrogen-bond donors (Lipinski definition) is 1. The molecule has 0 spiro atoms. The third-order valence-corrected chi connectivity index (χ3v) is 4.27. The average Bonchev–Trinajstić information content (AvgIpc) is 3.26. The lowest BCUT2D eigenvalue weighted by atomic mass is 10.1. The van der Waals surface area contributed by atoms with E-state index in [1.165, 1.54) is 14.0 Å². The van der Waals surface area contributed by atoms with E-state index in [-0.39, 0.29) is 24.1 Å². The summed E-state index contributed by atoms with van der Waals surface area (Å²) < 4.78 is 23.5. The van der Waals surface area contributed by atoms with Crippen LogP contribution in [0.1, 0.15) is 42.6 Å². The maximum absolute atomic E-state index is 13.5. The molecule has 0 bridgehead atoms. The number of H-pyrrole nitrogens is 1. The summed E-state index contributed by atoms with van der Waals surface area (Å²) >= 11 is 0. The lowest BCUT2D eigenvalue weighted by molar-refractivity contribution is -0.132. The largest absolute Gasteiger partial charge is 0.479 e. The van der Waals surface area contributed by atoms with E-state index < -0.39 is 11.4 Å². The summed E-state index contributed by atoms with van der Waals surface area (Å²) in [4.78, 5) is 32.4. The Morgan fingerprint density at radius 3 is 3.04 bits per heavy atom. The summed E-state index contributed by atoms with van der Waals surface area (Å²) in [5.41, 5.74) is -0.776. The van der Waals surface area contributed by atoms with Crippen molar-refractivity contribution in [3.05, 3.63) is 39.5 Å². The Kier molecular flexibility index (Phi) is 4.82. The fourth-order valence-corrected chi connectivity index (χ4v) is 2.98. The van der Waals surface area contributed by atoms with Gasteiger partial charge in [-0.05, 0) is 24.9 Å². The fraction of sp³-hybridized carbons (Fsp3) is 0.500. The molecule has 0 aromatic carbocycles. The maximum Gasteiger partial charge on any atom is 0.287 e. The summed E-state index contributed by atoms with van der Waals surface area (Å²) in [5.74, 6) is 0.285. The number of ether oxygens (including phenoxy) is 1. The third kappa shape index (κ3) is 3.54. The van der Waals surface area contributed by atoms with Crippen LogP contribution in [0.5, 0.6) is 5.88 Å². The van der Waals surface area contributed by atoms with Crippen molar-refractivity contribution in [3.8, 4) is 5.88 Å². The SMILES string of the molecule is COc1cc(CCC(=O)N2CCC[C@@H]2c2nc(C)c(F)c(=O)[nH]2)on1. The Bertz CT molecular complexity index is 832. The highest BCUT2D eigenvalue weighted by Crippen LogP contribution is 2.30. The van der Waals surface area contributed by atoms with Crippen molar-refractivity contribution in [2.24, 2.45) is 0 Å². The Hall–Kier alpha value is -2.71. The van der Waals surface area contributed by atoms with Gasteiger partial charge in [-0.3, -0.25) is 9.59 Å². The molecule has 8 nitrogen and oxygen atoms in total. The molecule has 3 heterocycles. The second-order valence-electron chi connectivity index (χ2n) is 5.93. The van der Waals surface area contributed by atoms with Crippen molar-refractivity contribution in [2.45, 2.75) is 38.6 Å². The van der Waals surface area contributed by atoms with Crippen LogP contribution >= 0.6 is 0 Å². The van der Waals surface area contributed by atoms with Crippen molar-refractivity contribution in [2.75, 3.05) is 13.7 Å². The first-order valence-electron chi connectivity index (χ1n) is 8.05. The van der Waals surface area contributed by atoms with E-state index in [1.54, 1.807) is 11.0 Å². The molecule has 25 heavy (non-hydrogen) atoms. The highest BCUT2D eigenvalue weighted by molar-refractivity contribution is 5.77. The van der Waals surface area contributed by atoms with Gasteiger partial charge in [0.05, 0.1) is 18.8 Å². The molecule has 0 radical (unpaired) electrons. The van der Waals surface area contributed by atoms with Gasteiger partial charge in [-0.1, -0.05) is 0 Å². The van der Waals surface area contributed by atoms with E-state index >= 15 is 0 Å². The van der Waals surface area contributed by atoms with Gasteiger partial charge in [0.25, 0.3) is 11.4 Å². The second-order valence-corrected chi connectivity index (χ2v) is 5.93. The van der Waals surface area contributed by atoms with E-state index in [2.05, 4.69) is 15.1 Å². The molecule has 1 N–H and O–H groups in total. The van der Waals surface area contributed by atoms with Gasteiger partial charge >= 0.3 is 0 Å². The molecule has 1 atom stereocenters. The number of carbonyl (C=O) groups is 1. The zero-order valence-electron chi connectivity index (χ0n) is 14.0. The molecule has 134 valence electrons. The van der Waals surface area contributed by atoms with Crippen LogP contribution in [0.15, 0.2) is 15.4 Å². The lowest BCUT2D eigenvalue weighted by Crippen LogP contribution is -2.33. The monoisotopic (exact) mass is 350 g/mol. The van der Waals surface area contributed by atoms with Crippen LogP contribution < -0.4 is 10.3 Å². The van der Waals surface area contributed by atoms with Gasteiger partial charge < -0.3 is 19.1 Å². The summed E-state index contributed by atoms with van der Waals surface area (Å²) in [6.07, 6.45) is 2.10. The molecule has 1 saturated heterocycles. The van der Waals surface area contributed by atoms with Crippen LogP contribution in [0, 0.1) is 12.7 Å². The van der Waals surface area contributed by atoms with E-state index in [1.807, 2.05) is 0 Å². The van der Waals surface area contributed by atoms with Gasteiger partial charge in [0.1, 0.15) is 11.6 Å². The predicted molar refractivity (Wildman–Crippen MR) is 84.6 cm³/mol. The molecule has 1 amide bonds. The Morgan fingerprint density at radius 2 is 2.36 bits per heavy atom. The smallest absolute Gasteiger partial charge is 0.287 e. The Morgan fingerprint density at radius 1 is 1.56 bits per heavy atom. The maximum atomic E-state index is 13.5. The second kappa shape index (κ2) is 7.04. The van der Waals surface area contributed by atoms with Gasteiger partial charge in [-0.2, -0.15) is 4.39 Å². The number of rotatable bonds is 5. The number of aromatic nitrogens is 3. The fourth-order valence-electron chi connectivity index (χ4n) is 2.98. The zero-order valence-corrected chi connectivity index (χ0v) is 14.0. The molecule has 0 aliphatic carbocycles. The number of carbonyl (C=O) groups excluding carboxylic acids is 1. The predicted octanol–water partition coefficient (Wildman–Crippen LogP) is 1.51. The number of aryl methyl sites for hydroxylation is 2. The van der Waals surface area contributed by atoms with Crippen LogP contribution in [-0.2, 0) is 11.2 Å². The molecule has 0 unspecified atom stereocenters. The van der Waals surface area contributed by atoms with Crippen molar-refractivity contribution in [1.29, 1.82) is 0 Å². The van der Waals surface area contributed by atoms with Crippen molar-refractivity contribution in [3.63, 3.8) is 0 Å². The van der Waals surface area contributed by atoms with Gasteiger partial charge in [-0.15, -0.1) is 0 Å². The number of hydrogen-bond acceptors (Lipinski definition) is 6. The van der Waals surface area contributed by atoms with Crippen LogP contribution in [0.4, 0.5) is 4.39 Å². The number of halogens is 1. The average molecular weight is 350 g/mol. The Labute approximate surface area is 143 Å². The topological polar surface area (TPSA) is 101 Å². The molecular weight excluding hydrogens is 331 g/mol. The molecule has 1 aliphatic heterocycles. The first kappa shape index (κ1) is 17.1. The highest BCUT2D eigenvalue weighted by atomic mass is 19.1. The minimum atomic E-state index is -0.890. The van der Waals surface area contributed by atoms with E-state index in [0.29, 0.717) is 36.9 Å². The van der Waals surface area contributed by atoms with Crippen molar-refractivity contribution in [1.82, 2.24) is 20.0 Å². The van der Waals surface area contributed by atoms with Crippen LogP contribution in [0.25, 0.3) is 0 Å². The Balaban J connectivity index is 1.70. The number of nitrogens with zero attached hydrogens (tertiary/aromatic N) is 3. The van der Waals surface area contributed by atoms with Gasteiger partial charge in [-0.25, -0.2) is 4.98 Å². The molecule has 0 saturated carbocycles. The number of likely N-dealkylation sites (tertiary alicyclic amines) is 1. The minimum Gasteiger partial charge on any atom is -0.479 e. The summed E-state index contributed by atoms with van der Waals surface area (Å²) in [5, 5.41) is 3.69. The molecule has 2 aromatic heterocycles. The molecule has 1 fully saturated rings. The van der Waals surface area contributed by atoms with Crippen LogP contribution in [-0.4, -0.2) is 39.6 Å². The molecule has 2 aromatic rings. The number of nitrogens with one attached hydrogen (secondary N) is 1. The standard InChI is InChI=1S/C16H19FN4O4/c1-9-14(17)16(23)19-15(18-9)11-4-3-7-21(11)13(22)6-5-10-8-12(24-2)20-25-10/h8,11H,3-7H2,1-2H3,(H,18,19,23)/t11-/m1/s1. The third-order valence-electron chi connectivity index (χ3n) is 4.27. The number of aromatic amines is 1. The van der Waals surface area contributed by atoms with Crippen LogP contribution in [0.2, 0.25) is 0 Å². The lowest BCUT2D eigenvalue weighted by Gasteiger charge is -2.24. The molecule has 3 rings (SSSR count). The van der Waals surface area contributed by atoms with Gasteiger partial charge in [0.2, 0.25) is 11.7 Å². The van der Waals surface area contributed by atoms with Gasteiger partial charge in [0.15, 0.2) is 0 Å². The van der Waals surface area contributed by atoms with E-state index in [0.717, 1.165) is 6.42 Å². The van der Waals surface area contributed by atoms with Crippen molar-refractivity contribution >= 4 is 5.91 Å². The number of amides is 1. The molecule has 1 aliphatic rings. The minimum absolute atomic E-state index is 0.0341. The quantitative estimate of drug-likeness (QED) is 0.877. The molecular formula is C16H19FN4O4. The summed E-state index contributed by atoms with van der Waals surface area (Å²) in [6, 6.07) is 1.29. The van der Waals surface area contributed by atoms with Crippen molar-refractivity contribution < 1.29 is 18.4 Å². The summed E-state index contributed by atoms with van der Waals surface area (Å²) in [7, 11) is 1.49.